The number of nitrogens with zero attached hydrogens (tertiary/aromatic N) is 4. The zero-order valence-corrected chi connectivity index (χ0v) is 26.6. The number of benzene rings is 1. The highest BCUT2D eigenvalue weighted by molar-refractivity contribution is 7.88. The molecule has 5 fully saturated rings. The zero-order valence-electron chi connectivity index (χ0n) is 25.8. The molecule has 7 nitrogen and oxygen atoms in total. The van der Waals surface area contributed by atoms with Gasteiger partial charge in [-0.1, -0.05) is 44.2 Å². The molecular weight excluding hydrogens is 542 g/mol. The van der Waals surface area contributed by atoms with Gasteiger partial charge in [-0.15, -0.1) is 0 Å². The maximum absolute atomic E-state index is 11.5. The third kappa shape index (κ3) is 6.47. The Balaban J connectivity index is 1.09. The average molecular weight is 596 g/mol. The molecule has 0 radical (unpaired) electrons. The number of sulfonamides is 1. The number of rotatable bonds is 8. The summed E-state index contributed by atoms with van der Waals surface area (Å²) < 4.78 is 28.5. The van der Waals surface area contributed by atoms with Crippen molar-refractivity contribution < 1.29 is 8.42 Å². The van der Waals surface area contributed by atoms with Crippen LogP contribution in [0.2, 0.25) is 0 Å². The van der Waals surface area contributed by atoms with E-state index in [0.29, 0.717) is 18.5 Å². The SMILES string of the molecule is CS(=O)(=O)NCCN1CCCC(Cc2nc3ccccc3n2C2CC3CCCC(C2)N3C2CC3CCCCC(C3)C2)C1. The largest absolute Gasteiger partial charge is 0.325 e. The lowest BCUT2D eigenvalue weighted by Crippen LogP contribution is -2.58. The highest BCUT2D eigenvalue weighted by Gasteiger charge is 2.45. The summed E-state index contributed by atoms with van der Waals surface area (Å²) >= 11 is 0. The van der Waals surface area contributed by atoms with E-state index in [2.05, 4.69) is 43.4 Å². The molecule has 2 saturated carbocycles. The average Bonchev–Trinajstić information content (AvgIpc) is 3.22. The van der Waals surface area contributed by atoms with E-state index in [1.165, 1.54) is 107 Å². The summed E-state index contributed by atoms with van der Waals surface area (Å²) in [5.74, 6) is 3.82. The maximum atomic E-state index is 11.5. The lowest BCUT2D eigenvalue weighted by Gasteiger charge is -2.54. The molecular formula is C34H53N5O2S. The number of hydrogen-bond donors (Lipinski definition) is 1. The summed E-state index contributed by atoms with van der Waals surface area (Å²) in [5, 5.41) is 0. The molecule has 5 atom stereocenters. The first kappa shape index (κ1) is 29.2. The molecule has 5 unspecified atom stereocenters. The third-order valence-corrected chi connectivity index (χ3v) is 12.4. The first-order valence-electron chi connectivity index (χ1n) is 17.3. The van der Waals surface area contributed by atoms with E-state index >= 15 is 0 Å². The lowest BCUT2D eigenvalue weighted by molar-refractivity contribution is -0.0420. The van der Waals surface area contributed by atoms with Crippen LogP contribution >= 0.6 is 0 Å². The van der Waals surface area contributed by atoms with Gasteiger partial charge in [-0.2, -0.15) is 0 Å². The normalized spacial score (nSPS) is 34.8. The van der Waals surface area contributed by atoms with Crippen molar-refractivity contribution in [3.05, 3.63) is 30.1 Å². The molecule has 2 aliphatic carbocycles. The monoisotopic (exact) mass is 595 g/mol. The molecule has 1 N–H and O–H groups in total. The van der Waals surface area contributed by atoms with Crippen molar-refractivity contribution in [3.63, 3.8) is 0 Å². The Morgan fingerprint density at radius 3 is 2.31 bits per heavy atom. The van der Waals surface area contributed by atoms with Gasteiger partial charge in [-0.3, -0.25) is 4.90 Å². The second-order valence-electron chi connectivity index (χ2n) is 14.8. The predicted octanol–water partition coefficient (Wildman–Crippen LogP) is 5.76. The lowest BCUT2D eigenvalue weighted by atomic mass is 9.73. The molecule has 0 spiro atoms. The topological polar surface area (TPSA) is 70.5 Å². The Kier molecular flexibility index (Phi) is 8.70. The smallest absolute Gasteiger partial charge is 0.208 e. The summed E-state index contributed by atoms with van der Waals surface area (Å²) in [5.41, 5.74) is 2.49. The molecule has 4 heterocycles. The Bertz CT molecular complexity index is 1300. The Morgan fingerprint density at radius 1 is 0.833 bits per heavy atom. The number of piperidine rings is 3. The predicted molar refractivity (Wildman–Crippen MR) is 170 cm³/mol. The molecule has 3 saturated heterocycles. The van der Waals surface area contributed by atoms with Gasteiger partial charge >= 0.3 is 0 Å². The Hall–Kier alpha value is -1.48. The van der Waals surface area contributed by atoms with Gasteiger partial charge in [-0.05, 0) is 94.2 Å². The fourth-order valence-corrected chi connectivity index (χ4v) is 10.6. The second kappa shape index (κ2) is 12.5. The van der Waals surface area contributed by atoms with Crippen LogP contribution in [-0.4, -0.2) is 78.3 Å². The van der Waals surface area contributed by atoms with Gasteiger partial charge < -0.3 is 9.47 Å². The Labute approximate surface area is 253 Å². The number of hydrogen-bond acceptors (Lipinski definition) is 5. The van der Waals surface area contributed by atoms with Crippen molar-refractivity contribution in [3.8, 4) is 0 Å². The molecule has 42 heavy (non-hydrogen) atoms. The molecule has 4 bridgehead atoms. The number of imidazole rings is 1. The third-order valence-electron chi connectivity index (χ3n) is 11.7. The van der Waals surface area contributed by atoms with Crippen molar-refractivity contribution in [2.45, 2.75) is 120 Å². The second-order valence-corrected chi connectivity index (χ2v) is 16.6. The quantitative estimate of drug-likeness (QED) is 0.421. The molecule has 2 aromatic rings. The summed E-state index contributed by atoms with van der Waals surface area (Å²) in [4.78, 5) is 10.8. The molecule has 1 aromatic heterocycles. The maximum Gasteiger partial charge on any atom is 0.208 e. The number of fused-ring (bicyclic) bond motifs is 5. The first-order valence-corrected chi connectivity index (χ1v) is 19.2. The van der Waals surface area contributed by atoms with Crippen LogP contribution < -0.4 is 4.72 Å². The van der Waals surface area contributed by atoms with Crippen LogP contribution in [0.5, 0.6) is 0 Å². The van der Waals surface area contributed by atoms with Crippen LogP contribution in [0.25, 0.3) is 11.0 Å². The summed E-state index contributed by atoms with van der Waals surface area (Å²) in [7, 11) is -3.14. The highest BCUT2D eigenvalue weighted by Crippen LogP contribution is 2.47. The van der Waals surface area contributed by atoms with Crippen molar-refractivity contribution in [2.75, 3.05) is 32.4 Å². The van der Waals surface area contributed by atoms with Crippen molar-refractivity contribution in [1.29, 1.82) is 0 Å². The van der Waals surface area contributed by atoms with Gasteiger partial charge in [0, 0.05) is 50.2 Å². The number of likely N-dealkylation sites (tertiary alicyclic amines) is 1. The van der Waals surface area contributed by atoms with Crippen LogP contribution in [0, 0.1) is 17.8 Å². The molecule has 0 amide bonds. The van der Waals surface area contributed by atoms with E-state index in [1.54, 1.807) is 0 Å². The van der Waals surface area contributed by atoms with E-state index in [4.69, 9.17) is 4.98 Å². The van der Waals surface area contributed by atoms with E-state index in [0.717, 1.165) is 61.5 Å². The van der Waals surface area contributed by atoms with E-state index in [9.17, 15) is 8.42 Å². The highest BCUT2D eigenvalue weighted by atomic mass is 32.2. The van der Waals surface area contributed by atoms with E-state index in [-0.39, 0.29) is 0 Å². The van der Waals surface area contributed by atoms with Crippen molar-refractivity contribution in [1.82, 2.24) is 24.1 Å². The standard InChI is InChI=1S/C34H53N5O2S/c1-42(40,41)35-15-17-37-16-7-10-27(24-37)21-34-36-32-13-4-5-14-33(32)39(34)31-22-28-11-6-12-29(23-31)38(28)30-19-25-8-2-3-9-26(18-25)20-30/h4-5,13-14,25-31,35H,2-3,6-12,15-24H2,1H3. The van der Waals surface area contributed by atoms with Crippen LogP contribution in [0.4, 0.5) is 0 Å². The van der Waals surface area contributed by atoms with Gasteiger partial charge in [0.25, 0.3) is 0 Å². The number of para-hydroxylation sites is 2. The minimum atomic E-state index is -3.14. The van der Waals surface area contributed by atoms with Crippen LogP contribution in [-0.2, 0) is 16.4 Å². The Morgan fingerprint density at radius 2 is 1.57 bits per heavy atom. The molecule has 1 aromatic carbocycles. The fraction of sp³-hybridized carbons (Fsp3) is 0.794. The zero-order chi connectivity index (χ0) is 28.7. The van der Waals surface area contributed by atoms with Crippen molar-refractivity contribution >= 4 is 21.1 Å². The summed E-state index contributed by atoms with van der Waals surface area (Å²) in [6, 6.07) is 11.7. The molecule has 232 valence electrons. The molecule has 7 rings (SSSR count). The van der Waals surface area contributed by atoms with E-state index < -0.39 is 10.0 Å². The minimum absolute atomic E-state index is 0.494. The van der Waals surface area contributed by atoms with Crippen LogP contribution in [0.3, 0.4) is 0 Å². The summed E-state index contributed by atoms with van der Waals surface area (Å²) in [6.45, 7) is 3.37. The molecule has 5 aliphatic rings. The van der Waals surface area contributed by atoms with E-state index in [1.807, 2.05) is 0 Å². The van der Waals surface area contributed by atoms with Gasteiger partial charge in [0.05, 0.1) is 17.3 Å². The van der Waals surface area contributed by atoms with Gasteiger partial charge in [-0.25, -0.2) is 18.1 Å². The van der Waals surface area contributed by atoms with Gasteiger partial charge in [0.15, 0.2) is 0 Å². The van der Waals surface area contributed by atoms with Crippen molar-refractivity contribution in [2.24, 2.45) is 17.8 Å². The number of nitrogens with one attached hydrogen (secondary N) is 1. The van der Waals surface area contributed by atoms with Gasteiger partial charge in [0.1, 0.15) is 5.82 Å². The van der Waals surface area contributed by atoms with Crippen LogP contribution in [0.15, 0.2) is 24.3 Å². The van der Waals surface area contributed by atoms with Gasteiger partial charge in [0.2, 0.25) is 10.0 Å². The molecule has 3 aliphatic heterocycles. The first-order chi connectivity index (χ1) is 20.4. The minimum Gasteiger partial charge on any atom is -0.325 e. The van der Waals surface area contributed by atoms with Crippen LogP contribution in [0.1, 0.15) is 102 Å². The summed E-state index contributed by atoms with van der Waals surface area (Å²) in [6.07, 6.45) is 21.7. The molecule has 8 heteroatoms. The number of aromatic nitrogens is 2. The fourth-order valence-electron chi connectivity index (χ4n) is 10.1.